The van der Waals surface area contributed by atoms with Gasteiger partial charge in [-0.15, -0.1) is 0 Å². The van der Waals surface area contributed by atoms with E-state index in [2.05, 4.69) is 5.32 Å². The average Bonchev–Trinajstić information content (AvgIpc) is 2.45. The molecular weight excluding hydrogens is 283 g/mol. The lowest BCUT2D eigenvalue weighted by Gasteiger charge is -2.33. The molecule has 1 saturated heterocycles. The fraction of sp³-hybridized carbons (Fsp3) is 0.533. The van der Waals surface area contributed by atoms with E-state index in [1.54, 1.807) is 0 Å². The molecule has 1 heterocycles. The van der Waals surface area contributed by atoms with Crippen LogP contribution in [0.3, 0.4) is 0 Å². The maximum atomic E-state index is 12.9. The Morgan fingerprint density at radius 2 is 1.90 bits per heavy atom. The van der Waals surface area contributed by atoms with E-state index >= 15 is 0 Å². The van der Waals surface area contributed by atoms with Gasteiger partial charge in [-0.3, -0.25) is 4.79 Å². The van der Waals surface area contributed by atoms with E-state index in [0.717, 1.165) is 18.9 Å². The van der Waals surface area contributed by atoms with E-state index in [0.29, 0.717) is 19.8 Å². The Bertz CT molecular complexity index is 508. The lowest BCUT2D eigenvalue weighted by Crippen LogP contribution is -2.39. The first-order valence-corrected chi connectivity index (χ1v) is 6.84. The van der Waals surface area contributed by atoms with Crippen molar-refractivity contribution in [2.24, 2.45) is 5.41 Å². The summed E-state index contributed by atoms with van der Waals surface area (Å²) >= 11 is 0. The minimum atomic E-state index is -4.53. The molecule has 1 N–H and O–H groups in total. The van der Waals surface area contributed by atoms with Crippen LogP contribution < -0.4 is 5.32 Å². The van der Waals surface area contributed by atoms with Crippen molar-refractivity contribution in [3.8, 4) is 0 Å². The van der Waals surface area contributed by atoms with E-state index in [1.165, 1.54) is 18.2 Å². The summed E-state index contributed by atoms with van der Waals surface area (Å²) in [5.41, 5.74) is -1.36. The van der Waals surface area contributed by atoms with Crippen molar-refractivity contribution in [1.29, 1.82) is 0 Å². The first kappa shape index (κ1) is 15.8. The maximum Gasteiger partial charge on any atom is 0.417 e. The number of rotatable bonds is 3. The van der Waals surface area contributed by atoms with Crippen LogP contribution in [0.1, 0.15) is 35.7 Å². The number of ether oxygens (including phenoxy) is 1. The van der Waals surface area contributed by atoms with Crippen LogP contribution in [0.5, 0.6) is 0 Å². The van der Waals surface area contributed by atoms with Gasteiger partial charge in [0.1, 0.15) is 0 Å². The highest BCUT2D eigenvalue weighted by Gasteiger charge is 2.35. The second-order valence-corrected chi connectivity index (χ2v) is 5.65. The van der Waals surface area contributed by atoms with Gasteiger partial charge in [-0.1, -0.05) is 19.1 Å². The van der Waals surface area contributed by atoms with Gasteiger partial charge in [0.15, 0.2) is 0 Å². The molecule has 116 valence electrons. The summed E-state index contributed by atoms with van der Waals surface area (Å²) in [5, 5.41) is 2.63. The minimum Gasteiger partial charge on any atom is -0.381 e. The molecule has 0 atom stereocenters. The summed E-state index contributed by atoms with van der Waals surface area (Å²) in [6.07, 6.45) is -2.96. The number of hydrogen-bond donors (Lipinski definition) is 1. The van der Waals surface area contributed by atoms with Gasteiger partial charge in [-0.25, -0.2) is 0 Å². The van der Waals surface area contributed by atoms with Gasteiger partial charge in [0.2, 0.25) is 0 Å². The lowest BCUT2D eigenvalue weighted by atomic mass is 9.82. The Morgan fingerprint density at radius 1 is 1.29 bits per heavy atom. The summed E-state index contributed by atoms with van der Waals surface area (Å²) in [5.74, 6) is -0.685. The molecule has 0 aromatic heterocycles. The number of carbonyl (C=O) groups excluding carboxylic acids is 1. The van der Waals surface area contributed by atoms with Crippen LogP contribution in [0.4, 0.5) is 13.2 Å². The van der Waals surface area contributed by atoms with E-state index in [4.69, 9.17) is 4.74 Å². The molecule has 3 nitrogen and oxygen atoms in total. The molecule has 0 saturated carbocycles. The Kier molecular flexibility index (Phi) is 4.56. The molecule has 1 amide bonds. The molecule has 0 spiro atoms. The highest BCUT2D eigenvalue weighted by Crippen LogP contribution is 2.32. The average molecular weight is 301 g/mol. The number of alkyl halides is 3. The molecule has 1 fully saturated rings. The molecule has 0 radical (unpaired) electrons. The number of nitrogens with one attached hydrogen (secondary N) is 1. The topological polar surface area (TPSA) is 38.3 Å². The predicted molar refractivity (Wildman–Crippen MR) is 71.9 cm³/mol. The second-order valence-electron chi connectivity index (χ2n) is 5.65. The van der Waals surface area contributed by atoms with Crippen LogP contribution >= 0.6 is 0 Å². The highest BCUT2D eigenvalue weighted by atomic mass is 19.4. The highest BCUT2D eigenvalue weighted by molar-refractivity contribution is 5.95. The molecule has 1 aromatic carbocycles. The van der Waals surface area contributed by atoms with Crippen molar-refractivity contribution in [3.05, 3.63) is 35.4 Å². The third-order valence-corrected chi connectivity index (χ3v) is 3.85. The largest absolute Gasteiger partial charge is 0.417 e. The summed E-state index contributed by atoms with van der Waals surface area (Å²) in [6, 6.07) is 4.83. The number of halogens is 3. The predicted octanol–water partition coefficient (Wildman–Crippen LogP) is 3.25. The SMILES string of the molecule is CC1(CNC(=O)c2ccccc2C(F)(F)F)CCOCC1. The quantitative estimate of drug-likeness (QED) is 0.930. The van der Waals surface area contributed by atoms with Crippen LogP contribution in [-0.2, 0) is 10.9 Å². The number of benzene rings is 1. The Balaban J connectivity index is 2.07. The number of hydrogen-bond acceptors (Lipinski definition) is 2. The fourth-order valence-electron chi connectivity index (χ4n) is 2.36. The van der Waals surface area contributed by atoms with Crippen molar-refractivity contribution in [3.63, 3.8) is 0 Å². The monoisotopic (exact) mass is 301 g/mol. The third kappa shape index (κ3) is 3.97. The fourth-order valence-corrected chi connectivity index (χ4v) is 2.36. The normalized spacial score (nSPS) is 18.3. The first-order valence-electron chi connectivity index (χ1n) is 6.84. The molecule has 0 aliphatic carbocycles. The van der Waals surface area contributed by atoms with Gasteiger partial charge >= 0.3 is 6.18 Å². The standard InChI is InChI=1S/C15H18F3NO2/c1-14(6-8-21-9-7-14)10-19-13(20)11-4-2-3-5-12(11)15(16,17)18/h2-5H,6-10H2,1H3,(H,19,20). The lowest BCUT2D eigenvalue weighted by molar-refractivity contribution is -0.137. The van der Waals surface area contributed by atoms with Crippen molar-refractivity contribution in [2.45, 2.75) is 25.9 Å². The van der Waals surface area contributed by atoms with Crippen molar-refractivity contribution < 1.29 is 22.7 Å². The zero-order valence-electron chi connectivity index (χ0n) is 11.8. The molecule has 21 heavy (non-hydrogen) atoms. The molecule has 1 aliphatic heterocycles. The molecule has 2 rings (SSSR count). The van der Waals surface area contributed by atoms with Crippen LogP contribution in [0.25, 0.3) is 0 Å². The summed E-state index contributed by atoms with van der Waals surface area (Å²) < 4.78 is 43.9. The summed E-state index contributed by atoms with van der Waals surface area (Å²) in [6.45, 7) is 3.59. The van der Waals surface area contributed by atoms with Gasteiger partial charge in [0, 0.05) is 19.8 Å². The third-order valence-electron chi connectivity index (χ3n) is 3.85. The van der Waals surface area contributed by atoms with Gasteiger partial charge in [0.25, 0.3) is 5.91 Å². The van der Waals surface area contributed by atoms with E-state index < -0.39 is 17.6 Å². The Labute approximate surface area is 121 Å². The molecule has 1 aromatic rings. The summed E-state index contributed by atoms with van der Waals surface area (Å²) in [4.78, 5) is 12.1. The van der Waals surface area contributed by atoms with Gasteiger partial charge in [0.05, 0.1) is 11.1 Å². The molecule has 1 aliphatic rings. The van der Waals surface area contributed by atoms with Crippen molar-refractivity contribution in [1.82, 2.24) is 5.32 Å². The van der Waals surface area contributed by atoms with Crippen LogP contribution in [0, 0.1) is 5.41 Å². The summed E-state index contributed by atoms with van der Waals surface area (Å²) in [7, 11) is 0. The van der Waals surface area contributed by atoms with E-state index in [-0.39, 0.29) is 11.0 Å². The van der Waals surface area contributed by atoms with Gasteiger partial charge < -0.3 is 10.1 Å². The molecule has 0 bridgehead atoms. The van der Waals surface area contributed by atoms with E-state index in [9.17, 15) is 18.0 Å². The van der Waals surface area contributed by atoms with Gasteiger partial charge in [-0.2, -0.15) is 13.2 Å². The van der Waals surface area contributed by atoms with Crippen LogP contribution in [0.2, 0.25) is 0 Å². The Morgan fingerprint density at radius 3 is 2.52 bits per heavy atom. The second kappa shape index (κ2) is 6.05. The zero-order valence-corrected chi connectivity index (χ0v) is 11.8. The first-order chi connectivity index (χ1) is 9.82. The number of carbonyl (C=O) groups is 1. The molecule has 6 heteroatoms. The van der Waals surface area contributed by atoms with Crippen LogP contribution in [0.15, 0.2) is 24.3 Å². The van der Waals surface area contributed by atoms with Crippen LogP contribution in [-0.4, -0.2) is 25.7 Å². The smallest absolute Gasteiger partial charge is 0.381 e. The maximum absolute atomic E-state index is 12.9. The molecular formula is C15H18F3NO2. The van der Waals surface area contributed by atoms with Crippen molar-refractivity contribution >= 4 is 5.91 Å². The van der Waals surface area contributed by atoms with Crippen molar-refractivity contribution in [2.75, 3.05) is 19.8 Å². The zero-order chi connectivity index (χ0) is 15.5. The van der Waals surface area contributed by atoms with E-state index in [1.807, 2.05) is 6.92 Å². The Hall–Kier alpha value is -1.56. The van der Waals surface area contributed by atoms with Gasteiger partial charge in [-0.05, 0) is 30.4 Å². The minimum absolute atomic E-state index is 0.124. The molecule has 0 unspecified atom stereocenters. The number of amides is 1.